The second-order valence-electron chi connectivity index (χ2n) is 11.4. The van der Waals surface area contributed by atoms with Gasteiger partial charge in [-0.15, -0.1) is 0 Å². The Morgan fingerprint density at radius 1 is 0.889 bits per heavy atom. The molecule has 0 aliphatic rings. The first-order valence-electron chi connectivity index (χ1n) is 15.1. The number of amides is 2. The maximum absolute atomic E-state index is 13.6. The van der Waals surface area contributed by atoms with Crippen molar-refractivity contribution in [2.45, 2.75) is 57.3 Å². The van der Waals surface area contributed by atoms with Crippen LogP contribution in [0.25, 0.3) is 0 Å². The second-order valence-corrected chi connectivity index (χ2v) is 13.4. The van der Waals surface area contributed by atoms with E-state index in [2.05, 4.69) is 10.6 Å². The summed E-state index contributed by atoms with van der Waals surface area (Å²) in [5, 5.41) is 17.0. The van der Waals surface area contributed by atoms with E-state index in [4.69, 9.17) is 9.47 Å². The van der Waals surface area contributed by atoms with E-state index in [9.17, 15) is 23.1 Å². The van der Waals surface area contributed by atoms with Crippen molar-refractivity contribution < 1.29 is 32.6 Å². The molecule has 0 saturated carbocycles. The SMILES string of the molecule is COc1ccc(COC(=O)NC[C@@H](C)C(=O)N[C@@H](Cc2ccccc2)[C@H](O)CN(CCC(C)C)S(=O)(=O)c2ccccc2)cc1. The van der Waals surface area contributed by atoms with E-state index in [0.717, 1.165) is 11.1 Å². The highest BCUT2D eigenvalue weighted by Crippen LogP contribution is 2.19. The molecular formula is C34H45N3O7S. The zero-order chi connectivity index (χ0) is 32.8. The van der Waals surface area contributed by atoms with Crippen molar-refractivity contribution in [1.29, 1.82) is 0 Å². The summed E-state index contributed by atoms with van der Waals surface area (Å²) in [5.74, 6) is -0.120. The molecule has 0 bridgehead atoms. The minimum atomic E-state index is -3.90. The summed E-state index contributed by atoms with van der Waals surface area (Å²) >= 11 is 0. The van der Waals surface area contributed by atoms with Gasteiger partial charge in [0.2, 0.25) is 15.9 Å². The molecule has 10 nitrogen and oxygen atoms in total. The molecule has 0 unspecified atom stereocenters. The van der Waals surface area contributed by atoms with Crippen molar-refractivity contribution in [3.05, 3.63) is 96.1 Å². The molecular weight excluding hydrogens is 594 g/mol. The molecule has 3 N–H and O–H groups in total. The number of alkyl carbamates (subject to hydrolysis) is 1. The lowest BCUT2D eigenvalue weighted by molar-refractivity contribution is -0.126. The number of nitrogens with one attached hydrogen (secondary N) is 2. The van der Waals surface area contributed by atoms with Crippen molar-refractivity contribution in [3.8, 4) is 5.75 Å². The number of benzene rings is 3. The van der Waals surface area contributed by atoms with Gasteiger partial charge in [0.25, 0.3) is 0 Å². The second kappa shape index (κ2) is 17.5. The number of hydrogen-bond acceptors (Lipinski definition) is 7. The first kappa shape index (κ1) is 35.5. The number of sulfonamides is 1. The monoisotopic (exact) mass is 639 g/mol. The molecule has 0 spiro atoms. The van der Waals surface area contributed by atoms with E-state index in [1.54, 1.807) is 56.5 Å². The molecule has 0 fully saturated rings. The van der Waals surface area contributed by atoms with Crippen LogP contribution in [0.4, 0.5) is 4.79 Å². The number of methoxy groups -OCH3 is 1. The first-order chi connectivity index (χ1) is 21.5. The highest BCUT2D eigenvalue weighted by atomic mass is 32.2. The highest BCUT2D eigenvalue weighted by molar-refractivity contribution is 7.89. The van der Waals surface area contributed by atoms with Crippen LogP contribution in [-0.4, -0.2) is 68.7 Å². The number of rotatable bonds is 17. The summed E-state index contributed by atoms with van der Waals surface area (Å²) in [6.07, 6.45) is -1.000. The van der Waals surface area contributed by atoms with Gasteiger partial charge in [0.15, 0.2) is 0 Å². The first-order valence-corrected chi connectivity index (χ1v) is 16.5. The molecule has 0 aromatic heterocycles. The summed E-state index contributed by atoms with van der Waals surface area (Å²) in [4.78, 5) is 25.7. The Bertz CT molecular complexity index is 1440. The third-order valence-corrected chi connectivity index (χ3v) is 9.23. The molecule has 2 amide bonds. The van der Waals surface area contributed by atoms with Crippen molar-refractivity contribution in [1.82, 2.24) is 14.9 Å². The summed E-state index contributed by atoms with van der Waals surface area (Å²) in [6, 6.07) is 23.8. The van der Waals surface area contributed by atoms with Gasteiger partial charge in [-0.2, -0.15) is 4.31 Å². The molecule has 45 heavy (non-hydrogen) atoms. The van der Waals surface area contributed by atoms with Crippen LogP contribution in [0.15, 0.2) is 89.8 Å². The van der Waals surface area contributed by atoms with Crippen LogP contribution in [0.1, 0.15) is 38.3 Å². The molecule has 244 valence electrons. The Morgan fingerprint density at radius 3 is 2.11 bits per heavy atom. The van der Waals surface area contributed by atoms with E-state index in [-0.39, 0.29) is 43.5 Å². The number of aliphatic hydroxyl groups excluding tert-OH is 1. The molecule has 0 radical (unpaired) electrons. The zero-order valence-electron chi connectivity index (χ0n) is 26.4. The Kier molecular flexibility index (Phi) is 13.8. The van der Waals surface area contributed by atoms with E-state index >= 15 is 0 Å². The third-order valence-electron chi connectivity index (χ3n) is 7.35. The Morgan fingerprint density at radius 2 is 1.51 bits per heavy atom. The van der Waals surface area contributed by atoms with E-state index in [0.29, 0.717) is 12.2 Å². The number of nitrogens with zero attached hydrogens (tertiary/aromatic N) is 1. The van der Waals surface area contributed by atoms with Crippen LogP contribution < -0.4 is 15.4 Å². The van der Waals surface area contributed by atoms with E-state index in [1.165, 1.54) is 16.4 Å². The minimum Gasteiger partial charge on any atom is -0.497 e. The molecule has 3 atom stereocenters. The highest BCUT2D eigenvalue weighted by Gasteiger charge is 2.31. The summed E-state index contributed by atoms with van der Waals surface area (Å²) in [5.41, 5.74) is 1.65. The van der Waals surface area contributed by atoms with Gasteiger partial charge in [-0.25, -0.2) is 13.2 Å². The lowest BCUT2D eigenvalue weighted by atomic mass is 9.99. The average molecular weight is 640 g/mol. The molecule has 3 aromatic rings. The van der Waals surface area contributed by atoms with Gasteiger partial charge in [0.05, 0.1) is 30.1 Å². The zero-order valence-corrected chi connectivity index (χ0v) is 27.2. The summed E-state index contributed by atoms with van der Waals surface area (Å²) in [6.45, 7) is 5.74. The fourth-order valence-electron chi connectivity index (χ4n) is 4.52. The lowest BCUT2D eigenvalue weighted by Crippen LogP contribution is -2.52. The van der Waals surface area contributed by atoms with Crippen LogP contribution in [0.3, 0.4) is 0 Å². The maximum atomic E-state index is 13.6. The van der Waals surface area contributed by atoms with Crippen LogP contribution in [-0.2, 0) is 32.6 Å². The van der Waals surface area contributed by atoms with E-state index in [1.807, 2.05) is 44.2 Å². The van der Waals surface area contributed by atoms with Gasteiger partial charge in [-0.3, -0.25) is 4.79 Å². The Balaban J connectivity index is 1.67. The maximum Gasteiger partial charge on any atom is 0.407 e. The predicted octanol–water partition coefficient (Wildman–Crippen LogP) is 4.38. The van der Waals surface area contributed by atoms with Crippen molar-refractivity contribution in [2.24, 2.45) is 11.8 Å². The third kappa shape index (κ3) is 11.5. The van der Waals surface area contributed by atoms with Crippen LogP contribution >= 0.6 is 0 Å². The standard InChI is InChI=1S/C34H45N3O7S/c1-25(2)19-20-37(45(41,42)30-13-9-6-10-14-30)23-32(38)31(21-27-11-7-5-8-12-27)36-33(39)26(3)22-35-34(40)44-24-28-15-17-29(43-4)18-16-28/h5-18,25-26,31-32,38H,19-24H2,1-4H3,(H,35,40)(H,36,39)/t26-,31+,32-/m1/s1. The topological polar surface area (TPSA) is 134 Å². The Labute approximate surface area is 266 Å². The van der Waals surface area contributed by atoms with Crippen molar-refractivity contribution in [3.63, 3.8) is 0 Å². The van der Waals surface area contributed by atoms with Crippen LogP contribution in [0, 0.1) is 11.8 Å². The summed E-state index contributed by atoms with van der Waals surface area (Å²) in [7, 11) is -2.33. The van der Waals surface area contributed by atoms with Gasteiger partial charge < -0.3 is 25.2 Å². The van der Waals surface area contributed by atoms with Gasteiger partial charge in [-0.1, -0.05) is 81.4 Å². The number of hydrogen-bond donors (Lipinski definition) is 3. The fourth-order valence-corrected chi connectivity index (χ4v) is 6.01. The minimum absolute atomic E-state index is 0.00430. The summed E-state index contributed by atoms with van der Waals surface area (Å²) < 4.78 is 38.8. The van der Waals surface area contributed by atoms with Crippen LogP contribution in [0.2, 0.25) is 0 Å². The van der Waals surface area contributed by atoms with Gasteiger partial charge in [0, 0.05) is 19.6 Å². The normalized spacial score (nSPS) is 13.6. The molecule has 0 aliphatic heterocycles. The molecule has 0 aliphatic carbocycles. The predicted molar refractivity (Wildman–Crippen MR) is 173 cm³/mol. The van der Waals surface area contributed by atoms with E-state index < -0.39 is 40.1 Å². The van der Waals surface area contributed by atoms with Gasteiger partial charge in [-0.05, 0) is 54.2 Å². The quantitative estimate of drug-likeness (QED) is 0.200. The molecule has 3 aromatic carbocycles. The number of carbonyl (C=O) groups is 2. The van der Waals surface area contributed by atoms with Crippen molar-refractivity contribution in [2.75, 3.05) is 26.7 Å². The lowest BCUT2D eigenvalue weighted by Gasteiger charge is -2.31. The van der Waals surface area contributed by atoms with Crippen molar-refractivity contribution >= 4 is 22.0 Å². The number of aliphatic hydroxyl groups is 1. The molecule has 0 heterocycles. The van der Waals surface area contributed by atoms with Gasteiger partial charge in [0.1, 0.15) is 12.4 Å². The molecule has 11 heteroatoms. The molecule has 0 saturated heterocycles. The largest absolute Gasteiger partial charge is 0.497 e. The number of ether oxygens (including phenoxy) is 2. The number of carbonyl (C=O) groups excluding carboxylic acids is 2. The smallest absolute Gasteiger partial charge is 0.407 e. The van der Waals surface area contributed by atoms with Crippen LogP contribution in [0.5, 0.6) is 5.75 Å². The van der Waals surface area contributed by atoms with Gasteiger partial charge >= 0.3 is 6.09 Å². The fraction of sp³-hybridized carbons (Fsp3) is 0.412. The Hall–Kier alpha value is -3.93. The average Bonchev–Trinajstić information content (AvgIpc) is 3.04. The molecule has 3 rings (SSSR count).